The number of rotatable bonds is 29. The van der Waals surface area contributed by atoms with Gasteiger partial charge in [-0.15, -0.1) is 11.6 Å². The van der Waals surface area contributed by atoms with Crippen LogP contribution in [0.25, 0.3) is 0 Å². The van der Waals surface area contributed by atoms with Crippen LogP contribution >= 0.6 is 11.6 Å². The average molecular weight is 1510 g/mol. The molecule has 0 radical (unpaired) electrons. The fourth-order valence-electron chi connectivity index (χ4n) is 13.9. The molecule has 0 aromatic heterocycles. The summed E-state index contributed by atoms with van der Waals surface area (Å²) in [5.41, 5.74) is 12.3. The van der Waals surface area contributed by atoms with Gasteiger partial charge in [0.15, 0.2) is 20.2 Å². The first-order valence-electron chi connectivity index (χ1n) is 38.5. The molecule has 3 aliphatic rings. The third kappa shape index (κ3) is 26.6. The Kier molecular flexibility index (Phi) is 36.6. The second-order valence-corrected chi connectivity index (χ2v) is 28.1. The van der Waals surface area contributed by atoms with Crippen LogP contribution in [0.4, 0.5) is 41.9 Å². The zero-order valence-corrected chi connectivity index (χ0v) is 66.4. The number of hydrogen-bond acceptors (Lipinski definition) is 14. The lowest BCUT2D eigenvalue weighted by atomic mass is 9.84. The highest BCUT2D eigenvalue weighted by Gasteiger charge is 2.29. The third-order valence-corrected chi connectivity index (χ3v) is 19.8. The molecule has 19 heteroatoms. The van der Waals surface area contributed by atoms with Crippen molar-refractivity contribution in [1.82, 2.24) is 0 Å². The Bertz CT molecular complexity index is 3930. The van der Waals surface area contributed by atoms with Gasteiger partial charge in [-0.1, -0.05) is 167 Å². The number of aryl methyl sites for hydroxylation is 3. The predicted octanol–water partition coefficient (Wildman–Crippen LogP) is 23.3. The van der Waals surface area contributed by atoms with Gasteiger partial charge in [0.25, 0.3) is 0 Å². The molecule has 0 heterocycles. The first kappa shape index (κ1) is 86.2. The normalized spacial score (nSPS) is 15.0. The van der Waals surface area contributed by atoms with E-state index in [1.165, 1.54) is 77.6 Å². The molecule has 18 nitrogen and oxygen atoms in total. The Morgan fingerprint density at radius 2 is 0.642 bits per heavy atom. The third-order valence-electron chi connectivity index (χ3n) is 19.6. The van der Waals surface area contributed by atoms with Crippen molar-refractivity contribution >= 4 is 58.7 Å². The van der Waals surface area contributed by atoms with Crippen LogP contribution in [-0.4, -0.2) is 94.3 Å². The molecule has 0 spiro atoms. The maximum absolute atomic E-state index is 12.8. The van der Waals surface area contributed by atoms with E-state index in [-0.39, 0.29) is 61.2 Å². The van der Waals surface area contributed by atoms with Crippen LogP contribution < -0.4 is 33.8 Å². The molecule has 0 fully saturated rings. The zero-order chi connectivity index (χ0) is 78.5. The second kappa shape index (κ2) is 46.3. The molecule has 3 aliphatic carbocycles. The summed E-state index contributed by atoms with van der Waals surface area (Å²) >= 11 is 5.60. The smallest absolute Gasteiger partial charge is 0.416 e. The highest BCUT2D eigenvalue weighted by Crippen LogP contribution is 2.46. The van der Waals surface area contributed by atoms with Gasteiger partial charge in [-0.3, -0.25) is 4.90 Å². The van der Waals surface area contributed by atoms with Crippen molar-refractivity contribution in [2.75, 3.05) is 74.2 Å². The zero-order valence-electron chi connectivity index (χ0n) is 65.7. The number of carbonyl (C=O) groups excluding carboxylic acids is 4. The number of para-hydroxylation sites is 4. The number of allylic oxidation sites excluding steroid dienone is 6. The van der Waals surface area contributed by atoms with Crippen molar-refractivity contribution in [2.45, 2.75) is 194 Å². The highest BCUT2D eigenvalue weighted by atomic mass is 35.5. The molecule has 0 saturated carbocycles. The lowest BCUT2D eigenvalue weighted by molar-refractivity contribution is 0.169. The standard InChI is InChI=1S/C36H44N2O6.C27H35NO4.C18H26O2.C9H10ClNO2/c1-5-6-9-16-28-23-32(43-25-37(35(39)41-3)30-18-10-7-11-19-30)34(29-17-14-15-27(2)22-29)33(24-28)44-26-38(36(40)42-4)31-20-12-8-13-21-31;1-4-5-7-12-21-17-24(29)26(22-13-10-11-20(2)16-22)25(18-21)32-19-28(27(30)31-3)23-14-8-6-9-15-23;1-3-4-5-8-14-11-16(19)18(17(20)12-14)15-9-6-7-13(2)10-15;1-13-9(12)11(7-10)8-5-3-2-4-6-8/h7-8,10-13,18-24,29H,5-6,9,14-17,25-26H2,1-4H3;6,8-9,14-18,22,29H,4-5,7,10-13,19H2,1-3H3;10-12,15,19-20H,3-9H2,1-2H3;2-6H,7H2,1H3. The largest absolute Gasteiger partial charge is 0.507 e. The molecule has 0 aliphatic heterocycles. The Hall–Kier alpha value is -10.1. The number of halogens is 1. The minimum absolute atomic E-state index is 0.00302. The molecule has 0 bridgehead atoms. The number of amides is 4. The van der Waals surface area contributed by atoms with E-state index in [1.807, 2.05) is 133 Å². The summed E-state index contributed by atoms with van der Waals surface area (Å²) < 4.78 is 39.0. The minimum Gasteiger partial charge on any atom is -0.507 e. The number of anilines is 4. The summed E-state index contributed by atoms with van der Waals surface area (Å²) in [4.78, 5) is 54.9. The van der Waals surface area contributed by atoms with Crippen LogP contribution in [0.5, 0.6) is 34.5 Å². The van der Waals surface area contributed by atoms with Gasteiger partial charge in [0.2, 0.25) is 0 Å². The summed E-state index contributed by atoms with van der Waals surface area (Å²) in [6.45, 7) is 12.8. The van der Waals surface area contributed by atoms with E-state index in [0.717, 1.165) is 156 Å². The maximum atomic E-state index is 12.8. The minimum atomic E-state index is -0.515. The maximum Gasteiger partial charge on any atom is 0.416 e. The van der Waals surface area contributed by atoms with Gasteiger partial charge >= 0.3 is 24.4 Å². The van der Waals surface area contributed by atoms with Gasteiger partial charge in [-0.25, -0.2) is 33.9 Å². The molecular formula is C90H115ClN4O14. The van der Waals surface area contributed by atoms with Gasteiger partial charge in [0.1, 0.15) is 40.5 Å². The van der Waals surface area contributed by atoms with E-state index in [9.17, 15) is 34.5 Å². The van der Waals surface area contributed by atoms with E-state index < -0.39 is 24.4 Å². The van der Waals surface area contributed by atoms with Crippen LogP contribution in [-0.2, 0) is 38.2 Å². The van der Waals surface area contributed by atoms with Crippen molar-refractivity contribution in [3.63, 3.8) is 0 Å². The number of phenolic OH excluding ortho intramolecular Hbond substituents is 3. The van der Waals surface area contributed by atoms with Crippen molar-refractivity contribution in [2.24, 2.45) is 0 Å². The first-order chi connectivity index (χ1) is 52.9. The molecule has 3 atom stereocenters. The number of alkyl halides is 1. The van der Waals surface area contributed by atoms with Crippen molar-refractivity contribution < 1.29 is 67.7 Å². The van der Waals surface area contributed by atoms with Gasteiger partial charge < -0.3 is 48.5 Å². The van der Waals surface area contributed by atoms with Crippen molar-refractivity contribution in [1.29, 1.82) is 0 Å². The molecule has 7 aromatic carbocycles. The lowest BCUT2D eigenvalue weighted by Crippen LogP contribution is -2.35. The van der Waals surface area contributed by atoms with Crippen molar-refractivity contribution in [3.8, 4) is 34.5 Å². The number of hydrogen-bond donors (Lipinski definition) is 3. The van der Waals surface area contributed by atoms with Crippen LogP contribution in [0.3, 0.4) is 0 Å². The quantitative estimate of drug-likeness (QED) is 0.00996. The summed E-state index contributed by atoms with van der Waals surface area (Å²) in [6, 6.07) is 48.9. The molecule has 586 valence electrons. The topological polar surface area (TPSA) is 207 Å². The molecule has 0 saturated heterocycles. The number of unbranched alkanes of at least 4 members (excludes halogenated alkanes) is 6. The molecule has 3 unspecified atom stereocenters. The summed E-state index contributed by atoms with van der Waals surface area (Å²) in [5.74, 6) is 3.04. The van der Waals surface area contributed by atoms with E-state index in [0.29, 0.717) is 39.9 Å². The summed E-state index contributed by atoms with van der Waals surface area (Å²) in [5, 5.41) is 31.5. The van der Waals surface area contributed by atoms with Crippen molar-refractivity contribution in [3.05, 3.63) is 226 Å². The van der Waals surface area contributed by atoms with Gasteiger partial charge in [0.05, 0.1) is 45.5 Å². The van der Waals surface area contributed by atoms with Gasteiger partial charge in [-0.2, -0.15) is 0 Å². The molecule has 4 amide bonds. The molecule has 7 aromatic rings. The second-order valence-electron chi connectivity index (χ2n) is 27.9. The Morgan fingerprint density at radius 1 is 0.376 bits per heavy atom. The summed E-state index contributed by atoms with van der Waals surface area (Å²) in [6.07, 6.45) is 26.9. The average Bonchev–Trinajstić information content (AvgIpc) is 0.798. The SMILES string of the molecule is CCCCCc1cc(O)c(C2C=C(C)CCC2)c(O)c1.CCCCCc1cc(O)c(C2C=C(C)CCC2)c(OCN(C(=O)OC)c2ccccc2)c1.CCCCCc1cc(OCN(C(=O)OC)c2ccccc2)c(C2C=C(C)CCC2)c(OCN(C(=O)OC)c2ccccc2)c1.COC(=O)N(CCl)c1ccccc1. The van der Waals surface area contributed by atoms with Crippen LogP contribution in [0, 0.1) is 0 Å². The van der Waals surface area contributed by atoms with E-state index in [1.54, 1.807) is 12.1 Å². The number of aromatic hydroxyl groups is 3. The van der Waals surface area contributed by atoms with Crippen LogP contribution in [0.1, 0.15) is 208 Å². The molecule has 109 heavy (non-hydrogen) atoms. The van der Waals surface area contributed by atoms with Gasteiger partial charge in [-0.05, 0) is 219 Å². The number of benzene rings is 7. The Labute approximate surface area is 651 Å². The monoisotopic (exact) mass is 1510 g/mol. The lowest BCUT2D eigenvalue weighted by Gasteiger charge is -2.28. The molecule has 10 rings (SSSR count). The molecule has 3 N–H and O–H groups in total. The van der Waals surface area contributed by atoms with Gasteiger partial charge in [0, 0.05) is 40.1 Å². The van der Waals surface area contributed by atoms with E-state index in [2.05, 4.69) is 76.6 Å². The first-order valence-corrected chi connectivity index (χ1v) is 39.1. The fraction of sp³-hybridized carbons (Fsp3) is 0.422. The number of methoxy groups -OCH3 is 4. The Balaban J connectivity index is 0.000000221. The van der Waals surface area contributed by atoms with E-state index in [4.69, 9.17) is 40.0 Å². The number of carbonyl (C=O) groups is 4. The van der Waals surface area contributed by atoms with E-state index >= 15 is 0 Å². The fourth-order valence-corrected chi connectivity index (χ4v) is 14.1. The number of ether oxygens (including phenoxy) is 7. The molecular weight excluding hydrogens is 1400 g/mol. The van der Waals surface area contributed by atoms with Crippen LogP contribution in [0.15, 0.2) is 193 Å². The summed E-state index contributed by atoms with van der Waals surface area (Å²) in [7, 11) is 5.41. The predicted molar refractivity (Wildman–Crippen MR) is 438 cm³/mol. The highest BCUT2D eigenvalue weighted by molar-refractivity contribution is 6.21. The number of nitrogens with zero attached hydrogens (tertiary/aromatic N) is 4. The van der Waals surface area contributed by atoms with Crippen LogP contribution in [0.2, 0.25) is 0 Å². The number of phenols is 3. The Morgan fingerprint density at radius 3 is 0.945 bits per heavy atom.